The monoisotopic (exact) mass is 342 g/mol. The number of ether oxygens (including phenoxy) is 1. The number of aromatic nitrogens is 1. The van der Waals surface area contributed by atoms with E-state index >= 15 is 0 Å². The Labute approximate surface area is 148 Å². The maximum Gasteiger partial charge on any atom is 0.220 e. The van der Waals surface area contributed by atoms with E-state index in [2.05, 4.69) is 24.1 Å². The van der Waals surface area contributed by atoms with E-state index in [1.165, 1.54) is 0 Å². The van der Waals surface area contributed by atoms with Crippen molar-refractivity contribution in [3.8, 4) is 5.75 Å². The number of phenolic OH excluding ortho intramolecular Hbond substituents is 1. The predicted molar refractivity (Wildman–Crippen MR) is 97.2 cm³/mol. The summed E-state index contributed by atoms with van der Waals surface area (Å²) in [5.74, 6) is 1.10. The summed E-state index contributed by atoms with van der Waals surface area (Å²) in [4.78, 5) is 16.6. The lowest BCUT2D eigenvalue weighted by Gasteiger charge is -2.31. The van der Waals surface area contributed by atoms with Crippen molar-refractivity contribution in [3.63, 3.8) is 0 Å². The van der Waals surface area contributed by atoms with Crippen molar-refractivity contribution in [1.82, 2.24) is 10.3 Å². The minimum atomic E-state index is 0.0690. The molecule has 1 aliphatic rings. The number of rotatable bonds is 5. The molecule has 1 amide bonds. The molecule has 1 aliphatic heterocycles. The number of amides is 1. The molecule has 0 aliphatic carbocycles. The minimum absolute atomic E-state index is 0.0690. The molecule has 1 aromatic carbocycles. The largest absolute Gasteiger partial charge is 0.506 e. The Hall–Kier alpha value is -2.14. The SMILES string of the molecule is CC(C)[C@H]1C[C@@H](CC(=O)NCc2ccc(O)c3ncccc23)CCO1. The van der Waals surface area contributed by atoms with Crippen LogP contribution in [0.5, 0.6) is 5.75 Å². The number of phenols is 1. The molecule has 2 aromatic rings. The van der Waals surface area contributed by atoms with Crippen molar-refractivity contribution in [2.45, 2.75) is 45.8 Å². The van der Waals surface area contributed by atoms with Crippen molar-refractivity contribution in [3.05, 3.63) is 36.0 Å². The number of nitrogens with one attached hydrogen (secondary N) is 1. The molecule has 2 N–H and O–H groups in total. The van der Waals surface area contributed by atoms with E-state index < -0.39 is 0 Å². The first-order chi connectivity index (χ1) is 12.0. The van der Waals surface area contributed by atoms with Gasteiger partial charge in [0.2, 0.25) is 5.91 Å². The molecule has 25 heavy (non-hydrogen) atoms. The van der Waals surface area contributed by atoms with Gasteiger partial charge in [0, 0.05) is 31.2 Å². The molecule has 5 nitrogen and oxygen atoms in total. The number of carbonyl (C=O) groups is 1. The average Bonchev–Trinajstić information content (AvgIpc) is 2.61. The van der Waals surface area contributed by atoms with Crippen molar-refractivity contribution in [1.29, 1.82) is 0 Å². The van der Waals surface area contributed by atoms with Crippen LogP contribution in [0, 0.1) is 11.8 Å². The molecule has 2 atom stereocenters. The van der Waals surface area contributed by atoms with Crippen LogP contribution in [0.2, 0.25) is 0 Å². The topological polar surface area (TPSA) is 71.5 Å². The fourth-order valence-electron chi connectivity index (χ4n) is 3.45. The maximum atomic E-state index is 12.3. The number of pyridine rings is 1. The summed E-state index contributed by atoms with van der Waals surface area (Å²) < 4.78 is 5.78. The summed E-state index contributed by atoms with van der Waals surface area (Å²) >= 11 is 0. The molecule has 1 saturated heterocycles. The van der Waals surface area contributed by atoms with Crippen LogP contribution in [0.25, 0.3) is 10.9 Å². The molecule has 2 heterocycles. The quantitative estimate of drug-likeness (QED) is 0.873. The first-order valence-electron chi connectivity index (χ1n) is 8.98. The first kappa shape index (κ1) is 17.7. The van der Waals surface area contributed by atoms with Gasteiger partial charge in [-0.25, -0.2) is 0 Å². The highest BCUT2D eigenvalue weighted by Crippen LogP contribution is 2.28. The summed E-state index contributed by atoms with van der Waals surface area (Å²) in [5.41, 5.74) is 1.53. The van der Waals surface area contributed by atoms with Crippen LogP contribution >= 0.6 is 0 Å². The zero-order valence-electron chi connectivity index (χ0n) is 14.9. The number of nitrogens with zero attached hydrogens (tertiary/aromatic N) is 1. The highest BCUT2D eigenvalue weighted by atomic mass is 16.5. The van der Waals surface area contributed by atoms with E-state index in [9.17, 15) is 9.90 Å². The third kappa shape index (κ3) is 4.28. The molecule has 0 unspecified atom stereocenters. The van der Waals surface area contributed by atoms with Crippen LogP contribution in [-0.4, -0.2) is 28.7 Å². The van der Waals surface area contributed by atoms with E-state index in [0.29, 0.717) is 30.3 Å². The number of hydrogen-bond acceptors (Lipinski definition) is 4. The summed E-state index contributed by atoms with van der Waals surface area (Å²) in [6.45, 7) is 5.52. The minimum Gasteiger partial charge on any atom is -0.506 e. The van der Waals surface area contributed by atoms with Gasteiger partial charge < -0.3 is 15.2 Å². The van der Waals surface area contributed by atoms with Gasteiger partial charge in [0.15, 0.2) is 0 Å². The molecule has 0 radical (unpaired) electrons. The number of hydrogen-bond donors (Lipinski definition) is 2. The molecule has 0 bridgehead atoms. The fourth-order valence-corrected chi connectivity index (χ4v) is 3.45. The molecule has 5 heteroatoms. The van der Waals surface area contributed by atoms with Gasteiger partial charge in [0.05, 0.1) is 6.10 Å². The Morgan fingerprint density at radius 2 is 2.24 bits per heavy atom. The molecule has 3 rings (SSSR count). The van der Waals surface area contributed by atoms with Gasteiger partial charge in [0.25, 0.3) is 0 Å². The zero-order valence-corrected chi connectivity index (χ0v) is 14.9. The van der Waals surface area contributed by atoms with Gasteiger partial charge in [-0.1, -0.05) is 26.0 Å². The summed E-state index contributed by atoms with van der Waals surface area (Å²) in [7, 11) is 0. The Balaban J connectivity index is 1.59. The van der Waals surface area contributed by atoms with Crippen molar-refractivity contribution in [2.75, 3.05) is 6.61 Å². The number of carbonyl (C=O) groups excluding carboxylic acids is 1. The normalized spacial score (nSPS) is 20.8. The summed E-state index contributed by atoms with van der Waals surface area (Å²) in [6, 6.07) is 7.21. The van der Waals surface area contributed by atoms with Gasteiger partial charge in [0.1, 0.15) is 11.3 Å². The van der Waals surface area contributed by atoms with Crippen LogP contribution in [0.4, 0.5) is 0 Å². The lowest BCUT2D eigenvalue weighted by Crippen LogP contribution is -2.33. The average molecular weight is 342 g/mol. The summed E-state index contributed by atoms with van der Waals surface area (Å²) in [5, 5.41) is 13.8. The highest BCUT2D eigenvalue weighted by Gasteiger charge is 2.26. The van der Waals surface area contributed by atoms with Gasteiger partial charge in [-0.05, 0) is 42.4 Å². The predicted octanol–water partition coefficient (Wildman–Crippen LogP) is 3.40. The lowest BCUT2D eigenvalue weighted by atomic mass is 9.88. The number of aromatic hydroxyl groups is 1. The third-order valence-corrected chi connectivity index (χ3v) is 4.96. The van der Waals surface area contributed by atoms with E-state index in [1.54, 1.807) is 12.3 Å². The van der Waals surface area contributed by atoms with Crippen LogP contribution in [0.1, 0.15) is 38.7 Å². The van der Waals surface area contributed by atoms with Crippen molar-refractivity contribution < 1.29 is 14.6 Å². The second-order valence-corrected chi connectivity index (χ2v) is 7.17. The van der Waals surface area contributed by atoms with Crippen LogP contribution in [-0.2, 0) is 16.1 Å². The fraction of sp³-hybridized carbons (Fsp3) is 0.500. The number of fused-ring (bicyclic) bond motifs is 1. The van der Waals surface area contributed by atoms with Crippen LogP contribution < -0.4 is 5.32 Å². The Morgan fingerprint density at radius 1 is 1.40 bits per heavy atom. The Kier molecular flexibility index (Phi) is 5.53. The van der Waals surface area contributed by atoms with E-state index in [-0.39, 0.29) is 17.8 Å². The third-order valence-electron chi connectivity index (χ3n) is 4.96. The second kappa shape index (κ2) is 7.83. The molecular weight excluding hydrogens is 316 g/mol. The van der Waals surface area contributed by atoms with E-state index in [0.717, 1.165) is 30.4 Å². The maximum absolute atomic E-state index is 12.3. The van der Waals surface area contributed by atoms with Crippen molar-refractivity contribution in [2.24, 2.45) is 11.8 Å². The standard InChI is InChI=1S/C20H26N2O3/c1-13(2)18-10-14(7-9-25-18)11-19(24)22-12-15-5-6-17(23)20-16(15)4-3-8-21-20/h3-6,8,13-14,18,23H,7,9-12H2,1-2H3,(H,22,24)/t14-,18+/m0/s1. The van der Waals surface area contributed by atoms with Gasteiger partial charge in [-0.3, -0.25) is 9.78 Å². The molecule has 1 fully saturated rings. The van der Waals surface area contributed by atoms with Gasteiger partial charge >= 0.3 is 0 Å². The molecule has 134 valence electrons. The van der Waals surface area contributed by atoms with Crippen LogP contribution in [0.15, 0.2) is 30.5 Å². The Morgan fingerprint density at radius 3 is 3.04 bits per heavy atom. The van der Waals surface area contributed by atoms with E-state index in [1.807, 2.05) is 18.2 Å². The second-order valence-electron chi connectivity index (χ2n) is 7.17. The van der Waals surface area contributed by atoms with Crippen molar-refractivity contribution >= 4 is 16.8 Å². The molecule has 0 saturated carbocycles. The molecule has 0 spiro atoms. The van der Waals surface area contributed by atoms with Crippen LogP contribution in [0.3, 0.4) is 0 Å². The molecule has 1 aromatic heterocycles. The summed E-state index contributed by atoms with van der Waals surface area (Å²) in [6.07, 6.45) is 4.36. The lowest BCUT2D eigenvalue weighted by molar-refractivity contribution is -0.123. The zero-order chi connectivity index (χ0) is 17.8. The highest BCUT2D eigenvalue weighted by molar-refractivity contribution is 5.87. The Bertz CT molecular complexity index is 745. The smallest absolute Gasteiger partial charge is 0.220 e. The molecular formula is C20H26N2O3. The number of benzene rings is 1. The van der Waals surface area contributed by atoms with Gasteiger partial charge in [-0.15, -0.1) is 0 Å². The van der Waals surface area contributed by atoms with Gasteiger partial charge in [-0.2, -0.15) is 0 Å². The van der Waals surface area contributed by atoms with E-state index in [4.69, 9.17) is 4.74 Å². The first-order valence-corrected chi connectivity index (χ1v) is 8.98.